The second-order valence-electron chi connectivity index (χ2n) is 3.48. The first-order valence-corrected chi connectivity index (χ1v) is 4.98. The van der Waals surface area contributed by atoms with Crippen LogP contribution in [0.15, 0.2) is 18.7 Å². The Morgan fingerprint density at radius 3 is 2.93 bits per heavy atom. The molecule has 0 bridgehead atoms. The number of ether oxygens (including phenoxy) is 1. The Hall–Kier alpha value is -1.00. The molecule has 1 aliphatic rings. The van der Waals surface area contributed by atoms with Crippen LogP contribution in [0.2, 0.25) is 0 Å². The second kappa shape index (κ2) is 4.48. The minimum Gasteiger partial charge on any atom is -0.379 e. The van der Waals surface area contributed by atoms with E-state index in [1.165, 1.54) is 0 Å². The van der Waals surface area contributed by atoms with Crippen molar-refractivity contribution in [2.24, 2.45) is 0 Å². The fraction of sp³-hybridized carbons (Fsp3) is 0.600. The number of nitrogens with zero attached hydrogens (tertiary/aromatic N) is 2. The highest BCUT2D eigenvalue weighted by molar-refractivity contribution is 5.15. The molecule has 1 saturated heterocycles. The van der Waals surface area contributed by atoms with E-state index in [4.69, 9.17) is 4.74 Å². The Balaban J connectivity index is 2.10. The first kappa shape index (κ1) is 9.55. The summed E-state index contributed by atoms with van der Waals surface area (Å²) in [6.07, 6.45) is 5.30. The van der Waals surface area contributed by atoms with Gasteiger partial charge in [-0.3, -0.25) is 0 Å². The van der Waals surface area contributed by atoms with E-state index >= 15 is 0 Å². The summed E-state index contributed by atoms with van der Waals surface area (Å²) in [6, 6.07) is 0.408. The lowest BCUT2D eigenvalue weighted by Gasteiger charge is -2.17. The number of rotatable bonds is 3. The molecule has 0 aromatic carbocycles. The monoisotopic (exact) mass is 193 g/mol. The smallest absolute Gasteiger partial charge is 0.115 e. The summed E-state index contributed by atoms with van der Waals surface area (Å²) in [4.78, 5) is 8.06. The Morgan fingerprint density at radius 1 is 1.43 bits per heavy atom. The zero-order valence-corrected chi connectivity index (χ0v) is 8.31. The summed E-state index contributed by atoms with van der Waals surface area (Å²) in [6.45, 7) is 4.63. The molecule has 2 rings (SSSR count). The van der Waals surface area contributed by atoms with Gasteiger partial charge in [-0.2, -0.15) is 0 Å². The SMILES string of the molecule is CCNC1COCC1c1cncnc1. The van der Waals surface area contributed by atoms with E-state index in [0.29, 0.717) is 12.0 Å². The van der Waals surface area contributed by atoms with Crippen LogP contribution in [0.3, 0.4) is 0 Å². The summed E-state index contributed by atoms with van der Waals surface area (Å²) in [7, 11) is 0. The van der Waals surface area contributed by atoms with Crippen LogP contribution >= 0.6 is 0 Å². The number of likely N-dealkylation sites (N-methyl/N-ethyl adjacent to an activating group) is 1. The number of aromatic nitrogens is 2. The average molecular weight is 193 g/mol. The lowest BCUT2D eigenvalue weighted by Crippen LogP contribution is -2.34. The van der Waals surface area contributed by atoms with Gasteiger partial charge in [0.15, 0.2) is 0 Å². The second-order valence-corrected chi connectivity index (χ2v) is 3.48. The topological polar surface area (TPSA) is 47.0 Å². The van der Waals surface area contributed by atoms with Gasteiger partial charge in [-0.1, -0.05) is 6.92 Å². The molecule has 0 aliphatic carbocycles. The molecular weight excluding hydrogens is 178 g/mol. The van der Waals surface area contributed by atoms with Crippen molar-refractivity contribution in [2.75, 3.05) is 19.8 Å². The Labute approximate surface area is 83.7 Å². The van der Waals surface area contributed by atoms with Crippen molar-refractivity contribution in [3.8, 4) is 0 Å². The van der Waals surface area contributed by atoms with Gasteiger partial charge >= 0.3 is 0 Å². The highest BCUT2D eigenvalue weighted by Crippen LogP contribution is 2.24. The molecular formula is C10H15N3O. The third kappa shape index (κ3) is 1.91. The zero-order chi connectivity index (χ0) is 9.80. The lowest BCUT2D eigenvalue weighted by atomic mass is 9.97. The summed E-state index contributed by atoms with van der Waals surface area (Å²) < 4.78 is 5.46. The van der Waals surface area contributed by atoms with Crippen LogP contribution < -0.4 is 5.32 Å². The standard InChI is InChI=1S/C10H15N3O/c1-2-13-10-6-14-5-9(10)8-3-11-7-12-4-8/h3-4,7,9-10,13H,2,5-6H2,1H3. The first-order chi connectivity index (χ1) is 6.92. The van der Waals surface area contributed by atoms with Crippen molar-refractivity contribution < 1.29 is 4.74 Å². The van der Waals surface area contributed by atoms with Gasteiger partial charge in [-0.25, -0.2) is 9.97 Å². The molecule has 0 spiro atoms. The Bertz CT molecular complexity index is 278. The van der Waals surface area contributed by atoms with E-state index < -0.39 is 0 Å². The molecule has 1 N–H and O–H groups in total. The predicted octanol–water partition coefficient (Wildman–Crippen LogP) is 0.568. The van der Waals surface area contributed by atoms with E-state index in [9.17, 15) is 0 Å². The van der Waals surface area contributed by atoms with Crippen LogP contribution in [-0.2, 0) is 4.74 Å². The van der Waals surface area contributed by atoms with E-state index in [0.717, 1.165) is 25.3 Å². The largest absolute Gasteiger partial charge is 0.379 e. The predicted molar refractivity (Wildman–Crippen MR) is 53.1 cm³/mol. The van der Waals surface area contributed by atoms with Gasteiger partial charge in [0.1, 0.15) is 6.33 Å². The molecule has 1 fully saturated rings. The van der Waals surface area contributed by atoms with Gasteiger partial charge in [0.25, 0.3) is 0 Å². The highest BCUT2D eigenvalue weighted by atomic mass is 16.5. The van der Waals surface area contributed by atoms with Crippen LogP contribution in [0.5, 0.6) is 0 Å². The van der Waals surface area contributed by atoms with E-state index in [1.54, 1.807) is 6.33 Å². The normalized spacial score (nSPS) is 26.6. The molecule has 2 unspecified atom stereocenters. The van der Waals surface area contributed by atoms with Crippen molar-refractivity contribution in [1.82, 2.24) is 15.3 Å². The molecule has 1 aliphatic heterocycles. The van der Waals surface area contributed by atoms with Crippen molar-refractivity contribution in [1.29, 1.82) is 0 Å². The van der Waals surface area contributed by atoms with Crippen LogP contribution in [0.25, 0.3) is 0 Å². The third-order valence-electron chi connectivity index (χ3n) is 2.56. The van der Waals surface area contributed by atoms with Crippen LogP contribution in [0.4, 0.5) is 0 Å². The zero-order valence-electron chi connectivity index (χ0n) is 8.31. The van der Waals surface area contributed by atoms with Gasteiger partial charge in [-0.15, -0.1) is 0 Å². The molecule has 1 aromatic rings. The van der Waals surface area contributed by atoms with Crippen molar-refractivity contribution in [2.45, 2.75) is 18.9 Å². The number of hydrogen-bond donors (Lipinski definition) is 1. The molecule has 4 heteroatoms. The highest BCUT2D eigenvalue weighted by Gasteiger charge is 2.28. The molecule has 76 valence electrons. The molecule has 2 heterocycles. The van der Waals surface area contributed by atoms with Gasteiger partial charge in [0, 0.05) is 24.4 Å². The van der Waals surface area contributed by atoms with E-state index in [1.807, 2.05) is 12.4 Å². The van der Waals surface area contributed by atoms with Crippen LogP contribution in [-0.4, -0.2) is 35.8 Å². The van der Waals surface area contributed by atoms with Crippen molar-refractivity contribution in [3.05, 3.63) is 24.3 Å². The molecule has 0 saturated carbocycles. The molecule has 4 nitrogen and oxygen atoms in total. The maximum atomic E-state index is 5.46. The van der Waals surface area contributed by atoms with E-state index in [-0.39, 0.29) is 0 Å². The Morgan fingerprint density at radius 2 is 2.21 bits per heavy atom. The number of hydrogen-bond acceptors (Lipinski definition) is 4. The van der Waals surface area contributed by atoms with Gasteiger partial charge < -0.3 is 10.1 Å². The number of nitrogens with one attached hydrogen (secondary N) is 1. The minimum atomic E-state index is 0.399. The average Bonchev–Trinajstić information content (AvgIpc) is 2.68. The van der Waals surface area contributed by atoms with Gasteiger partial charge in [0.05, 0.1) is 13.2 Å². The van der Waals surface area contributed by atoms with Gasteiger partial charge in [0.2, 0.25) is 0 Å². The first-order valence-electron chi connectivity index (χ1n) is 4.98. The maximum Gasteiger partial charge on any atom is 0.115 e. The quantitative estimate of drug-likeness (QED) is 0.762. The maximum absolute atomic E-state index is 5.46. The molecule has 1 aromatic heterocycles. The molecule has 2 atom stereocenters. The summed E-state index contributed by atoms with van der Waals surface area (Å²) in [5.74, 6) is 0.399. The minimum absolute atomic E-state index is 0.399. The van der Waals surface area contributed by atoms with E-state index in [2.05, 4.69) is 22.2 Å². The molecule has 0 amide bonds. The van der Waals surface area contributed by atoms with Crippen LogP contribution in [0, 0.1) is 0 Å². The summed E-state index contributed by atoms with van der Waals surface area (Å²) >= 11 is 0. The fourth-order valence-electron chi connectivity index (χ4n) is 1.85. The van der Waals surface area contributed by atoms with Crippen molar-refractivity contribution >= 4 is 0 Å². The van der Waals surface area contributed by atoms with Crippen molar-refractivity contribution in [3.63, 3.8) is 0 Å². The summed E-state index contributed by atoms with van der Waals surface area (Å²) in [5, 5.41) is 3.41. The lowest BCUT2D eigenvalue weighted by molar-refractivity contribution is 0.188. The summed E-state index contributed by atoms with van der Waals surface area (Å²) in [5.41, 5.74) is 1.16. The molecule has 14 heavy (non-hydrogen) atoms. The van der Waals surface area contributed by atoms with Gasteiger partial charge in [-0.05, 0) is 12.1 Å². The third-order valence-corrected chi connectivity index (χ3v) is 2.56. The fourth-order valence-corrected chi connectivity index (χ4v) is 1.85. The molecule has 0 radical (unpaired) electrons. The van der Waals surface area contributed by atoms with Crippen LogP contribution in [0.1, 0.15) is 18.4 Å². The Kier molecular flexibility index (Phi) is 3.06.